The molecule has 1 aliphatic heterocycles. The number of nitrogens with two attached hydrogens (primary N) is 1. The van der Waals surface area contributed by atoms with Crippen molar-refractivity contribution in [3.8, 4) is 11.1 Å². The van der Waals surface area contributed by atoms with Gasteiger partial charge in [0.2, 0.25) is 0 Å². The van der Waals surface area contributed by atoms with Gasteiger partial charge in [0, 0.05) is 35.1 Å². The van der Waals surface area contributed by atoms with Gasteiger partial charge in [0.15, 0.2) is 5.78 Å². The fraction of sp³-hybridized carbons (Fsp3) is 0.235. The molecule has 0 amide bonds. The van der Waals surface area contributed by atoms with Crippen molar-refractivity contribution in [3.05, 3.63) is 52.8 Å². The molecule has 2 aromatic rings. The summed E-state index contributed by atoms with van der Waals surface area (Å²) in [5.41, 5.74) is 12.3. The van der Waals surface area contributed by atoms with E-state index in [-0.39, 0.29) is 12.3 Å². The average Bonchev–Trinajstić information content (AvgIpc) is 2.50. The summed E-state index contributed by atoms with van der Waals surface area (Å²) in [6.07, 6.45) is 1.86. The topological polar surface area (TPSA) is 68.3 Å². The molecule has 1 aromatic heterocycles. The first-order valence-corrected chi connectivity index (χ1v) is 6.95. The van der Waals surface area contributed by atoms with E-state index < -0.39 is 0 Å². The third-order valence-corrected chi connectivity index (χ3v) is 3.91. The lowest BCUT2D eigenvalue weighted by molar-refractivity contribution is 0.1000. The minimum atomic E-state index is 0.0481. The number of carbonyl (C=O) groups excluding carboxylic acids is 1. The van der Waals surface area contributed by atoms with E-state index in [2.05, 4.69) is 16.0 Å². The summed E-state index contributed by atoms with van der Waals surface area (Å²) in [6, 6.07) is 7.92. The van der Waals surface area contributed by atoms with Crippen LogP contribution in [-0.2, 0) is 0 Å². The summed E-state index contributed by atoms with van der Waals surface area (Å²) in [5, 5.41) is 0. The van der Waals surface area contributed by atoms with Gasteiger partial charge in [-0.3, -0.25) is 14.8 Å². The van der Waals surface area contributed by atoms with Gasteiger partial charge in [0.25, 0.3) is 0 Å². The van der Waals surface area contributed by atoms with E-state index in [0.717, 1.165) is 33.7 Å². The number of hydrogen-bond acceptors (Lipinski definition) is 4. The number of nitrogens with zero attached hydrogens (tertiary/aromatic N) is 2. The summed E-state index contributed by atoms with van der Waals surface area (Å²) in [4.78, 5) is 20.6. The van der Waals surface area contributed by atoms with Crippen molar-refractivity contribution < 1.29 is 4.79 Å². The molecule has 0 saturated carbocycles. The number of aromatic nitrogens is 1. The first-order chi connectivity index (χ1) is 10.1. The highest BCUT2D eigenvalue weighted by molar-refractivity contribution is 6.16. The van der Waals surface area contributed by atoms with Crippen LogP contribution in [0.15, 0.2) is 35.5 Å². The van der Waals surface area contributed by atoms with E-state index in [1.807, 2.05) is 38.2 Å². The molecule has 0 bridgehead atoms. The molecule has 0 aliphatic carbocycles. The normalized spacial score (nSPS) is 13.9. The Balaban J connectivity index is 2.12. The number of aryl methyl sites for hydroxylation is 2. The fourth-order valence-electron chi connectivity index (χ4n) is 2.52. The molecule has 0 atom stereocenters. The number of Topliss-reactive ketones (excluding diaryl/α,β-unsaturated/α-hetero) is 1. The minimum absolute atomic E-state index is 0.0481. The molecule has 3 rings (SSSR count). The molecule has 4 nitrogen and oxygen atoms in total. The standard InChI is InChI=1S/C17H17N3O/c1-10-5-13(8-19-11(10)2)12-3-4-14-15(6-12)16(7-18)20-9-17(14)21/h3-6,8H,7,9,18H2,1-2H3. The first kappa shape index (κ1) is 13.6. The van der Waals surface area contributed by atoms with Crippen LogP contribution >= 0.6 is 0 Å². The lowest BCUT2D eigenvalue weighted by Crippen LogP contribution is -2.24. The largest absolute Gasteiger partial charge is 0.325 e. The summed E-state index contributed by atoms with van der Waals surface area (Å²) in [6.45, 7) is 4.57. The van der Waals surface area contributed by atoms with Gasteiger partial charge in [-0.05, 0) is 37.1 Å². The van der Waals surface area contributed by atoms with Crippen LogP contribution in [0.4, 0.5) is 0 Å². The van der Waals surface area contributed by atoms with E-state index in [9.17, 15) is 4.79 Å². The molecular weight excluding hydrogens is 262 g/mol. The van der Waals surface area contributed by atoms with Crippen LogP contribution in [-0.4, -0.2) is 29.6 Å². The number of rotatable bonds is 2. The van der Waals surface area contributed by atoms with Gasteiger partial charge in [0.05, 0.1) is 5.71 Å². The second-order valence-corrected chi connectivity index (χ2v) is 5.28. The Morgan fingerprint density at radius 3 is 2.67 bits per heavy atom. The highest BCUT2D eigenvalue weighted by atomic mass is 16.1. The predicted molar refractivity (Wildman–Crippen MR) is 83.9 cm³/mol. The molecular formula is C17H17N3O. The highest BCUT2D eigenvalue weighted by Gasteiger charge is 2.20. The van der Waals surface area contributed by atoms with Crippen LogP contribution in [0, 0.1) is 13.8 Å². The molecule has 1 aliphatic rings. The van der Waals surface area contributed by atoms with Crippen molar-refractivity contribution in [2.24, 2.45) is 10.7 Å². The Hall–Kier alpha value is -2.33. The molecule has 2 heterocycles. The zero-order valence-electron chi connectivity index (χ0n) is 12.2. The number of pyridine rings is 1. The Labute approximate surface area is 123 Å². The molecule has 4 heteroatoms. The Morgan fingerprint density at radius 1 is 1.14 bits per heavy atom. The smallest absolute Gasteiger partial charge is 0.184 e. The predicted octanol–water partition coefficient (Wildman–Crippen LogP) is 2.31. The molecule has 0 saturated heterocycles. The number of benzene rings is 1. The van der Waals surface area contributed by atoms with Crippen molar-refractivity contribution in [1.29, 1.82) is 0 Å². The monoisotopic (exact) mass is 279 g/mol. The zero-order valence-corrected chi connectivity index (χ0v) is 12.2. The number of carbonyl (C=O) groups is 1. The molecule has 0 unspecified atom stereocenters. The van der Waals surface area contributed by atoms with Crippen molar-refractivity contribution in [1.82, 2.24) is 4.98 Å². The lowest BCUT2D eigenvalue weighted by atomic mass is 9.92. The van der Waals surface area contributed by atoms with Gasteiger partial charge in [-0.2, -0.15) is 0 Å². The molecule has 106 valence electrons. The zero-order chi connectivity index (χ0) is 15.0. The van der Waals surface area contributed by atoms with Crippen LogP contribution < -0.4 is 5.73 Å². The van der Waals surface area contributed by atoms with Gasteiger partial charge in [-0.1, -0.05) is 12.1 Å². The quantitative estimate of drug-likeness (QED) is 0.917. The molecule has 0 fully saturated rings. The maximum atomic E-state index is 11.9. The van der Waals surface area contributed by atoms with E-state index in [4.69, 9.17) is 5.73 Å². The van der Waals surface area contributed by atoms with Gasteiger partial charge in [0.1, 0.15) is 6.54 Å². The maximum Gasteiger partial charge on any atom is 0.184 e. The number of fused-ring (bicyclic) bond motifs is 1. The second-order valence-electron chi connectivity index (χ2n) is 5.28. The van der Waals surface area contributed by atoms with E-state index >= 15 is 0 Å². The molecule has 0 radical (unpaired) electrons. The fourth-order valence-corrected chi connectivity index (χ4v) is 2.52. The van der Waals surface area contributed by atoms with E-state index in [1.54, 1.807) is 0 Å². The third-order valence-electron chi connectivity index (χ3n) is 3.91. The Bertz CT molecular complexity index is 763. The summed E-state index contributed by atoms with van der Waals surface area (Å²) < 4.78 is 0. The third kappa shape index (κ3) is 2.38. The Kier molecular flexibility index (Phi) is 3.39. The average molecular weight is 279 g/mol. The summed E-state index contributed by atoms with van der Waals surface area (Å²) in [7, 11) is 0. The summed E-state index contributed by atoms with van der Waals surface area (Å²) >= 11 is 0. The molecule has 21 heavy (non-hydrogen) atoms. The van der Waals surface area contributed by atoms with E-state index in [0.29, 0.717) is 12.1 Å². The molecule has 2 N–H and O–H groups in total. The highest BCUT2D eigenvalue weighted by Crippen LogP contribution is 2.26. The van der Waals surface area contributed by atoms with Crippen molar-refractivity contribution in [3.63, 3.8) is 0 Å². The SMILES string of the molecule is Cc1cc(-c2ccc3c(c2)C(CN)=NCC3=O)cnc1C. The van der Waals surface area contributed by atoms with Crippen LogP contribution in [0.3, 0.4) is 0 Å². The van der Waals surface area contributed by atoms with Crippen molar-refractivity contribution >= 4 is 11.5 Å². The van der Waals surface area contributed by atoms with Gasteiger partial charge in [-0.15, -0.1) is 0 Å². The lowest BCUT2D eigenvalue weighted by Gasteiger charge is -2.16. The van der Waals surface area contributed by atoms with Crippen molar-refractivity contribution in [2.45, 2.75) is 13.8 Å². The number of ketones is 1. The first-order valence-electron chi connectivity index (χ1n) is 6.95. The molecule has 0 spiro atoms. The van der Waals surface area contributed by atoms with Crippen LogP contribution in [0.1, 0.15) is 27.2 Å². The summed E-state index contributed by atoms with van der Waals surface area (Å²) in [5.74, 6) is 0.0481. The van der Waals surface area contributed by atoms with Crippen LogP contribution in [0.25, 0.3) is 11.1 Å². The minimum Gasteiger partial charge on any atom is -0.325 e. The van der Waals surface area contributed by atoms with Gasteiger partial charge >= 0.3 is 0 Å². The maximum absolute atomic E-state index is 11.9. The molecule has 1 aromatic carbocycles. The van der Waals surface area contributed by atoms with E-state index in [1.165, 1.54) is 0 Å². The van der Waals surface area contributed by atoms with Crippen LogP contribution in [0.2, 0.25) is 0 Å². The number of aliphatic imine (C=N–C) groups is 1. The Morgan fingerprint density at radius 2 is 1.95 bits per heavy atom. The van der Waals surface area contributed by atoms with Gasteiger partial charge < -0.3 is 5.73 Å². The second kappa shape index (κ2) is 5.22. The van der Waals surface area contributed by atoms with Crippen LogP contribution in [0.5, 0.6) is 0 Å². The number of hydrogen-bond donors (Lipinski definition) is 1. The van der Waals surface area contributed by atoms with Gasteiger partial charge in [-0.25, -0.2) is 0 Å². The van der Waals surface area contributed by atoms with Crippen molar-refractivity contribution in [2.75, 3.05) is 13.1 Å².